The number of hydrogen-bond acceptors (Lipinski definition) is 14. The number of aliphatic hydroxyl groups is 6. The predicted octanol–water partition coefficient (Wildman–Crippen LogP) is -1.95. The first-order chi connectivity index (χ1) is 18.8. The number of fused-ring (bicyclic) bond motifs is 1. The van der Waals surface area contributed by atoms with Gasteiger partial charge >= 0.3 is 11.9 Å². The highest BCUT2D eigenvalue weighted by Gasteiger charge is 2.69. The van der Waals surface area contributed by atoms with Crippen molar-refractivity contribution in [2.75, 3.05) is 13.7 Å². The van der Waals surface area contributed by atoms with Crippen molar-refractivity contribution < 1.29 is 69.0 Å². The van der Waals surface area contributed by atoms with Crippen LogP contribution in [0.4, 0.5) is 0 Å². The molecule has 14 heteroatoms. The molecule has 0 bridgehead atoms. The Morgan fingerprint density at radius 3 is 2.38 bits per heavy atom. The van der Waals surface area contributed by atoms with Crippen LogP contribution >= 0.6 is 0 Å². The largest absolute Gasteiger partial charge is 0.508 e. The monoisotopic (exact) mass is 568 g/mol. The SMILES string of the molecule is COC(=O)C1=CO[C@@H](O[C@@H]2O[C@H](CO)[C@@H](O)[C@H](O)[C@H]2O)[C@@H]2[C@@](C)(O)[C@@H](OC(=O)C=Cc3ccc(O)cc3)C[C@]12O. The highest BCUT2D eigenvalue weighted by atomic mass is 16.8. The fraction of sp³-hybridized carbons (Fsp3) is 0.538. The summed E-state index contributed by atoms with van der Waals surface area (Å²) in [6.07, 6.45) is -8.50. The maximum Gasteiger partial charge on any atom is 0.339 e. The van der Waals surface area contributed by atoms with Crippen LogP contribution in [0.3, 0.4) is 0 Å². The van der Waals surface area contributed by atoms with Gasteiger partial charge in [0.2, 0.25) is 6.29 Å². The first kappa shape index (κ1) is 29.9. The Morgan fingerprint density at radius 1 is 1.07 bits per heavy atom. The number of aliphatic hydroxyl groups excluding tert-OH is 4. The van der Waals surface area contributed by atoms with Crippen LogP contribution in [-0.2, 0) is 33.3 Å². The molecule has 14 nitrogen and oxygen atoms in total. The Balaban J connectivity index is 1.60. The van der Waals surface area contributed by atoms with E-state index in [0.29, 0.717) is 5.56 Å². The zero-order chi connectivity index (χ0) is 29.4. The topological polar surface area (TPSA) is 222 Å². The first-order valence-electron chi connectivity index (χ1n) is 12.4. The summed E-state index contributed by atoms with van der Waals surface area (Å²) in [5.41, 5.74) is -4.16. The van der Waals surface area contributed by atoms with E-state index in [2.05, 4.69) is 0 Å². The summed E-state index contributed by atoms with van der Waals surface area (Å²) in [7, 11) is 1.07. The third kappa shape index (κ3) is 5.44. The van der Waals surface area contributed by atoms with Gasteiger partial charge in [-0.1, -0.05) is 12.1 Å². The summed E-state index contributed by atoms with van der Waals surface area (Å²) in [5, 5.41) is 72.7. The van der Waals surface area contributed by atoms with E-state index in [1.807, 2.05) is 0 Å². The van der Waals surface area contributed by atoms with Gasteiger partial charge in [-0.05, 0) is 30.7 Å². The first-order valence-corrected chi connectivity index (χ1v) is 12.4. The lowest BCUT2D eigenvalue weighted by atomic mass is 9.77. The van der Waals surface area contributed by atoms with Crippen LogP contribution in [0.15, 0.2) is 42.2 Å². The Hall–Kier alpha value is -3.08. The van der Waals surface area contributed by atoms with Gasteiger partial charge in [0.1, 0.15) is 53.0 Å². The third-order valence-corrected chi connectivity index (χ3v) is 7.44. The average molecular weight is 569 g/mol. The maximum atomic E-state index is 12.6. The van der Waals surface area contributed by atoms with E-state index in [0.717, 1.165) is 19.4 Å². The Morgan fingerprint density at radius 2 is 1.75 bits per heavy atom. The molecule has 0 radical (unpaired) electrons. The number of hydrogen-bond donors (Lipinski definition) is 7. The van der Waals surface area contributed by atoms with Crippen LogP contribution in [0.2, 0.25) is 0 Å². The van der Waals surface area contributed by atoms with Gasteiger partial charge in [0.15, 0.2) is 6.29 Å². The van der Waals surface area contributed by atoms with E-state index >= 15 is 0 Å². The number of aromatic hydroxyl groups is 1. The third-order valence-electron chi connectivity index (χ3n) is 7.44. The normalized spacial score (nSPS) is 39.2. The molecule has 1 aromatic rings. The standard InChI is InChI=1S/C26H32O14/c1-25(34)16(39-17(29)8-5-12-3-6-13(28)7-4-12)9-26(35)14(22(33)36-2)11-37-24(21(25)26)40-23-20(32)19(31)18(30)15(10-27)38-23/h3-8,11,15-16,18-21,23-24,27-28,30-32,34-35H,9-10H2,1-2H3/t15-,16+,18-,19+,20-,21-,23+,24+,25+,26+/m1/s1. The zero-order valence-electron chi connectivity index (χ0n) is 21.6. The van der Waals surface area contributed by atoms with Gasteiger partial charge in [-0.15, -0.1) is 0 Å². The van der Waals surface area contributed by atoms with Crippen LogP contribution < -0.4 is 0 Å². The number of methoxy groups -OCH3 is 1. The minimum atomic E-state index is -2.22. The molecule has 2 aliphatic heterocycles. The van der Waals surface area contributed by atoms with Gasteiger partial charge in [-0.3, -0.25) is 0 Å². The Bertz CT molecular complexity index is 1140. The molecular weight excluding hydrogens is 536 g/mol. The summed E-state index contributed by atoms with van der Waals surface area (Å²) < 4.78 is 26.7. The minimum Gasteiger partial charge on any atom is -0.508 e. The van der Waals surface area contributed by atoms with Crippen LogP contribution in [-0.4, -0.2) is 116 Å². The number of carbonyl (C=O) groups is 2. The smallest absolute Gasteiger partial charge is 0.339 e. The molecule has 1 aromatic carbocycles. The van der Waals surface area contributed by atoms with Gasteiger partial charge < -0.3 is 59.4 Å². The fourth-order valence-corrected chi connectivity index (χ4v) is 5.24. The minimum absolute atomic E-state index is 0.0368. The van der Waals surface area contributed by atoms with E-state index < -0.39 is 90.8 Å². The highest BCUT2D eigenvalue weighted by Crippen LogP contribution is 2.53. The van der Waals surface area contributed by atoms with Crippen molar-refractivity contribution >= 4 is 18.0 Å². The van der Waals surface area contributed by atoms with Gasteiger partial charge in [-0.25, -0.2) is 9.59 Å². The second-order valence-corrected chi connectivity index (χ2v) is 10.0. The van der Waals surface area contributed by atoms with Crippen LogP contribution in [0.5, 0.6) is 5.75 Å². The molecule has 40 heavy (non-hydrogen) atoms. The van der Waals surface area contributed by atoms with Gasteiger partial charge in [0.25, 0.3) is 0 Å². The lowest BCUT2D eigenvalue weighted by Crippen LogP contribution is -2.62. The lowest BCUT2D eigenvalue weighted by Gasteiger charge is -2.46. The van der Waals surface area contributed by atoms with Crippen molar-refractivity contribution in [3.63, 3.8) is 0 Å². The van der Waals surface area contributed by atoms with Gasteiger partial charge in [-0.2, -0.15) is 0 Å². The summed E-state index contributed by atoms with van der Waals surface area (Å²) in [5.74, 6) is -3.38. The second kappa shape index (κ2) is 11.4. The van der Waals surface area contributed by atoms with Crippen molar-refractivity contribution in [1.82, 2.24) is 0 Å². The average Bonchev–Trinajstić information content (AvgIpc) is 3.13. The molecule has 3 aliphatic rings. The molecule has 10 atom stereocenters. The molecular formula is C26H32O14. The molecule has 4 rings (SSSR count). The second-order valence-electron chi connectivity index (χ2n) is 10.0. The van der Waals surface area contributed by atoms with E-state index in [4.69, 9.17) is 23.7 Å². The van der Waals surface area contributed by atoms with Crippen LogP contribution in [0, 0.1) is 5.92 Å². The Labute approximate surface area is 228 Å². The molecule has 1 aliphatic carbocycles. The molecule has 1 saturated heterocycles. The summed E-state index contributed by atoms with van der Waals surface area (Å²) in [6.45, 7) is 0.494. The number of benzene rings is 1. The Kier molecular flexibility index (Phi) is 8.54. The number of carbonyl (C=O) groups excluding carboxylic acids is 2. The molecule has 220 valence electrons. The van der Waals surface area contributed by atoms with Crippen LogP contribution in [0.25, 0.3) is 6.08 Å². The maximum absolute atomic E-state index is 12.6. The molecule has 2 heterocycles. The van der Waals surface area contributed by atoms with E-state index in [1.165, 1.54) is 25.1 Å². The molecule has 0 spiro atoms. The van der Waals surface area contributed by atoms with E-state index in [-0.39, 0.29) is 5.75 Å². The number of ether oxygens (including phenoxy) is 5. The summed E-state index contributed by atoms with van der Waals surface area (Å²) in [6, 6.07) is 5.94. The molecule has 1 saturated carbocycles. The molecule has 7 N–H and O–H groups in total. The van der Waals surface area contributed by atoms with Gasteiger partial charge in [0, 0.05) is 12.5 Å². The van der Waals surface area contributed by atoms with Crippen molar-refractivity contribution in [1.29, 1.82) is 0 Å². The van der Waals surface area contributed by atoms with Crippen molar-refractivity contribution in [2.24, 2.45) is 5.92 Å². The zero-order valence-corrected chi connectivity index (χ0v) is 21.6. The van der Waals surface area contributed by atoms with E-state index in [1.54, 1.807) is 12.1 Å². The van der Waals surface area contributed by atoms with Crippen molar-refractivity contribution in [3.05, 3.63) is 47.7 Å². The van der Waals surface area contributed by atoms with Crippen molar-refractivity contribution in [3.8, 4) is 5.75 Å². The fourth-order valence-electron chi connectivity index (χ4n) is 5.24. The quantitative estimate of drug-likeness (QED) is 0.140. The number of phenols is 1. The van der Waals surface area contributed by atoms with Gasteiger partial charge in [0.05, 0.1) is 25.9 Å². The number of rotatable bonds is 7. The van der Waals surface area contributed by atoms with Crippen molar-refractivity contribution in [2.45, 2.75) is 67.6 Å². The van der Waals surface area contributed by atoms with Crippen LogP contribution in [0.1, 0.15) is 18.9 Å². The van der Waals surface area contributed by atoms with E-state index in [9.17, 15) is 45.3 Å². The number of esters is 2. The highest BCUT2D eigenvalue weighted by molar-refractivity contribution is 5.91. The molecule has 0 unspecified atom stereocenters. The predicted molar refractivity (Wildman–Crippen MR) is 131 cm³/mol. The summed E-state index contributed by atoms with van der Waals surface area (Å²) in [4.78, 5) is 25.1. The lowest BCUT2D eigenvalue weighted by molar-refractivity contribution is -0.352. The summed E-state index contributed by atoms with van der Waals surface area (Å²) >= 11 is 0. The number of phenolic OH excluding ortho intramolecular Hbond substituents is 1. The molecule has 2 fully saturated rings. The molecule has 0 aromatic heterocycles. The molecule has 0 amide bonds.